The van der Waals surface area contributed by atoms with E-state index in [-0.39, 0.29) is 32.1 Å². The summed E-state index contributed by atoms with van der Waals surface area (Å²) in [6.45, 7) is 0.552. The third kappa shape index (κ3) is 5.68. The summed E-state index contributed by atoms with van der Waals surface area (Å²) in [5, 5.41) is 3.02. The van der Waals surface area contributed by atoms with Gasteiger partial charge in [-0.15, -0.1) is 0 Å². The highest BCUT2D eigenvalue weighted by molar-refractivity contribution is 5.74. The van der Waals surface area contributed by atoms with Crippen LogP contribution in [0.5, 0.6) is 0 Å². The molecule has 1 aliphatic rings. The fourth-order valence-electron chi connectivity index (χ4n) is 2.18. The molecule has 0 aromatic carbocycles. The van der Waals surface area contributed by atoms with E-state index in [4.69, 9.17) is 10.5 Å². The number of primary amides is 1. The highest BCUT2D eigenvalue weighted by Gasteiger charge is 2.41. The third-order valence-corrected chi connectivity index (χ3v) is 3.06. The van der Waals surface area contributed by atoms with Crippen LogP contribution in [0.2, 0.25) is 0 Å². The van der Waals surface area contributed by atoms with Crippen LogP contribution in [-0.2, 0) is 9.53 Å². The van der Waals surface area contributed by atoms with Crippen LogP contribution >= 0.6 is 0 Å². The molecule has 0 heterocycles. The van der Waals surface area contributed by atoms with E-state index < -0.39 is 18.0 Å². The molecular weight excluding hydrogens is 249 g/mol. The van der Waals surface area contributed by atoms with Gasteiger partial charge in [-0.1, -0.05) is 6.42 Å². The zero-order chi connectivity index (χ0) is 13.6. The first kappa shape index (κ1) is 15.2. The summed E-state index contributed by atoms with van der Waals surface area (Å²) >= 11 is 0. The van der Waals surface area contributed by atoms with Gasteiger partial charge in [0, 0.05) is 12.6 Å². The van der Waals surface area contributed by atoms with Crippen molar-refractivity contribution in [1.82, 2.24) is 5.32 Å². The molecule has 3 N–H and O–H groups in total. The first-order valence-corrected chi connectivity index (χ1v) is 6.05. The summed E-state index contributed by atoms with van der Waals surface area (Å²) < 4.78 is 42.5. The smallest absolute Gasteiger partial charge is 0.370 e. The van der Waals surface area contributed by atoms with E-state index in [9.17, 15) is 18.0 Å². The predicted molar refractivity (Wildman–Crippen MR) is 59.8 cm³/mol. The van der Waals surface area contributed by atoms with Crippen LogP contribution in [0, 0.1) is 5.92 Å². The molecule has 0 bridgehead atoms. The van der Waals surface area contributed by atoms with Gasteiger partial charge in [-0.05, 0) is 19.3 Å². The predicted octanol–water partition coefficient (Wildman–Crippen LogP) is 1.20. The lowest BCUT2D eigenvalue weighted by molar-refractivity contribution is -0.183. The summed E-state index contributed by atoms with van der Waals surface area (Å²) in [6.07, 6.45) is -2.41. The molecule has 18 heavy (non-hydrogen) atoms. The van der Waals surface area contributed by atoms with Crippen molar-refractivity contribution in [2.45, 2.75) is 37.9 Å². The molecule has 1 fully saturated rings. The van der Waals surface area contributed by atoms with Crippen LogP contribution in [0.3, 0.4) is 0 Å². The van der Waals surface area contributed by atoms with E-state index >= 15 is 0 Å². The third-order valence-electron chi connectivity index (χ3n) is 3.06. The second-order valence-corrected chi connectivity index (χ2v) is 4.58. The highest BCUT2D eigenvalue weighted by atomic mass is 19.4. The topological polar surface area (TPSA) is 64.4 Å². The number of nitrogens with two attached hydrogens (primary N) is 1. The van der Waals surface area contributed by atoms with Crippen LogP contribution in [0.1, 0.15) is 25.7 Å². The zero-order valence-corrected chi connectivity index (χ0v) is 10.1. The zero-order valence-electron chi connectivity index (χ0n) is 10.1. The maximum absolute atomic E-state index is 12.5. The van der Waals surface area contributed by atoms with E-state index in [0.29, 0.717) is 13.0 Å². The first-order valence-electron chi connectivity index (χ1n) is 6.05. The average Bonchev–Trinajstić information content (AvgIpc) is 2.27. The van der Waals surface area contributed by atoms with Gasteiger partial charge in [0.25, 0.3) is 0 Å². The Morgan fingerprint density at radius 3 is 2.72 bits per heavy atom. The molecule has 1 rings (SSSR count). The molecule has 0 saturated heterocycles. The number of amides is 1. The number of rotatable bonds is 6. The van der Waals surface area contributed by atoms with E-state index in [2.05, 4.69) is 5.32 Å². The van der Waals surface area contributed by atoms with Crippen molar-refractivity contribution in [3.8, 4) is 0 Å². The lowest BCUT2D eigenvalue weighted by Gasteiger charge is -2.31. The molecule has 0 aliphatic heterocycles. The van der Waals surface area contributed by atoms with Crippen LogP contribution in [0.4, 0.5) is 13.2 Å². The molecule has 7 heteroatoms. The molecule has 1 saturated carbocycles. The van der Waals surface area contributed by atoms with Crippen LogP contribution < -0.4 is 11.1 Å². The second kappa shape index (κ2) is 6.94. The molecule has 0 aromatic rings. The maximum Gasteiger partial charge on any atom is 0.391 e. The van der Waals surface area contributed by atoms with Crippen molar-refractivity contribution in [2.75, 3.05) is 19.8 Å². The minimum Gasteiger partial charge on any atom is -0.370 e. The number of alkyl halides is 3. The van der Waals surface area contributed by atoms with Crippen molar-refractivity contribution in [2.24, 2.45) is 11.7 Å². The minimum absolute atomic E-state index is 0.123. The highest BCUT2D eigenvalue weighted by Crippen LogP contribution is 2.37. The Kier molecular flexibility index (Phi) is 5.87. The van der Waals surface area contributed by atoms with E-state index in [1.165, 1.54) is 0 Å². The van der Waals surface area contributed by atoms with Gasteiger partial charge in [-0.2, -0.15) is 13.2 Å². The van der Waals surface area contributed by atoms with Crippen LogP contribution in [0.25, 0.3) is 0 Å². The summed E-state index contributed by atoms with van der Waals surface area (Å²) in [5.41, 5.74) is 4.87. The van der Waals surface area contributed by atoms with Crippen molar-refractivity contribution >= 4 is 5.91 Å². The van der Waals surface area contributed by atoms with Crippen molar-refractivity contribution in [1.29, 1.82) is 0 Å². The Balaban J connectivity index is 2.16. The lowest BCUT2D eigenvalue weighted by atomic mass is 9.85. The number of carbonyl (C=O) groups excluding carboxylic acids is 1. The Bertz CT molecular complexity index is 272. The number of halogens is 3. The summed E-state index contributed by atoms with van der Waals surface area (Å²) in [6, 6.07) is -0.123. The summed E-state index contributed by atoms with van der Waals surface area (Å²) in [5.74, 6) is -1.75. The van der Waals surface area contributed by atoms with Gasteiger partial charge in [-0.3, -0.25) is 4.79 Å². The molecule has 0 radical (unpaired) electrons. The Morgan fingerprint density at radius 2 is 2.11 bits per heavy atom. The van der Waals surface area contributed by atoms with Crippen molar-refractivity contribution < 1.29 is 22.7 Å². The Morgan fingerprint density at radius 1 is 1.39 bits per heavy atom. The van der Waals surface area contributed by atoms with Crippen LogP contribution in [0.15, 0.2) is 0 Å². The molecule has 4 nitrogen and oxygen atoms in total. The lowest BCUT2D eigenvalue weighted by Crippen LogP contribution is -2.40. The summed E-state index contributed by atoms with van der Waals surface area (Å²) in [4.78, 5) is 10.4. The minimum atomic E-state index is -4.09. The first-order chi connectivity index (χ1) is 8.39. The standard InChI is InChI=1S/C11H19F3N2O2/c12-11(13,14)8-2-1-3-9(6-8)16-4-5-18-7-10(15)17/h8-9,16H,1-7H2,(H2,15,17). The number of nitrogens with one attached hydrogen (secondary N) is 1. The average molecular weight is 268 g/mol. The number of hydrogen-bond donors (Lipinski definition) is 2. The molecule has 2 atom stereocenters. The normalized spacial score (nSPS) is 25.1. The van der Waals surface area contributed by atoms with E-state index in [1.54, 1.807) is 0 Å². The fraction of sp³-hybridized carbons (Fsp3) is 0.909. The Labute approximate surface area is 104 Å². The largest absolute Gasteiger partial charge is 0.391 e. The van der Waals surface area contributed by atoms with Gasteiger partial charge >= 0.3 is 6.18 Å². The molecule has 106 valence electrons. The summed E-state index contributed by atoms with van der Waals surface area (Å²) in [7, 11) is 0. The van der Waals surface area contributed by atoms with Crippen molar-refractivity contribution in [3.05, 3.63) is 0 Å². The van der Waals surface area contributed by atoms with E-state index in [0.717, 1.165) is 6.42 Å². The van der Waals surface area contributed by atoms with Gasteiger partial charge in [0.2, 0.25) is 5.91 Å². The monoisotopic (exact) mass is 268 g/mol. The van der Waals surface area contributed by atoms with Gasteiger partial charge in [-0.25, -0.2) is 0 Å². The van der Waals surface area contributed by atoms with Crippen LogP contribution in [-0.4, -0.2) is 37.9 Å². The molecule has 1 aliphatic carbocycles. The van der Waals surface area contributed by atoms with Gasteiger partial charge in [0.05, 0.1) is 12.5 Å². The molecule has 0 spiro atoms. The molecule has 0 aromatic heterocycles. The van der Waals surface area contributed by atoms with Gasteiger partial charge < -0.3 is 15.8 Å². The van der Waals surface area contributed by atoms with Gasteiger partial charge in [0.15, 0.2) is 0 Å². The van der Waals surface area contributed by atoms with Crippen molar-refractivity contribution in [3.63, 3.8) is 0 Å². The van der Waals surface area contributed by atoms with E-state index in [1.807, 2.05) is 0 Å². The molecular formula is C11H19F3N2O2. The second-order valence-electron chi connectivity index (χ2n) is 4.58. The number of hydrogen-bond acceptors (Lipinski definition) is 3. The molecule has 1 amide bonds. The Hall–Kier alpha value is -0.820. The number of ether oxygens (including phenoxy) is 1. The SMILES string of the molecule is NC(=O)COCCNC1CCCC(C(F)(F)F)C1. The maximum atomic E-state index is 12.5. The molecule has 2 unspecified atom stereocenters. The number of carbonyl (C=O) groups is 1. The van der Waals surface area contributed by atoms with Gasteiger partial charge in [0.1, 0.15) is 6.61 Å². The quantitative estimate of drug-likeness (QED) is 0.711. The fourth-order valence-corrected chi connectivity index (χ4v) is 2.18.